The number of H-pyrrole nitrogens is 1. The number of ether oxygens (including phenoxy) is 1. The van der Waals surface area contributed by atoms with Gasteiger partial charge in [-0.25, -0.2) is 4.98 Å². The Morgan fingerprint density at radius 2 is 2.33 bits per heavy atom. The monoisotopic (exact) mass is 266 g/mol. The van der Waals surface area contributed by atoms with Crippen molar-refractivity contribution in [1.82, 2.24) is 15.0 Å². The van der Waals surface area contributed by atoms with Crippen LogP contribution in [0.2, 0.25) is 0 Å². The van der Waals surface area contributed by atoms with Crippen LogP contribution in [0, 0.1) is 6.92 Å². The first kappa shape index (κ1) is 12.6. The molecular formula is C11H14N4O2S. The van der Waals surface area contributed by atoms with Crippen molar-refractivity contribution in [2.75, 3.05) is 11.9 Å². The topological polar surface area (TPSA) is 79.9 Å². The van der Waals surface area contributed by atoms with Crippen LogP contribution in [0.3, 0.4) is 0 Å². The van der Waals surface area contributed by atoms with Crippen molar-refractivity contribution in [3.05, 3.63) is 32.6 Å². The zero-order valence-electron chi connectivity index (χ0n) is 10.2. The quantitative estimate of drug-likeness (QED) is 0.858. The van der Waals surface area contributed by atoms with Gasteiger partial charge in [0.25, 0.3) is 0 Å². The maximum absolute atomic E-state index is 11.0. The number of aryl methyl sites for hydroxylation is 1. The Morgan fingerprint density at radius 3 is 3.00 bits per heavy atom. The third-order valence-electron chi connectivity index (χ3n) is 2.14. The molecule has 18 heavy (non-hydrogen) atoms. The van der Waals surface area contributed by atoms with Gasteiger partial charge in [0.1, 0.15) is 11.6 Å². The average Bonchev–Trinajstić information content (AvgIpc) is 2.72. The Hall–Kier alpha value is -1.89. The summed E-state index contributed by atoms with van der Waals surface area (Å²) in [5, 5.41) is 4.90. The molecule has 0 radical (unpaired) electrons. The maximum Gasteiger partial charge on any atom is 0.304 e. The number of aromatic nitrogens is 3. The smallest absolute Gasteiger partial charge is 0.304 e. The summed E-state index contributed by atoms with van der Waals surface area (Å²) in [7, 11) is 0. The molecule has 0 aliphatic heterocycles. The second-order valence-corrected chi connectivity index (χ2v) is 4.44. The van der Waals surface area contributed by atoms with E-state index >= 15 is 0 Å². The summed E-state index contributed by atoms with van der Waals surface area (Å²) in [4.78, 5) is 22.1. The minimum absolute atomic E-state index is 0.0549. The lowest BCUT2D eigenvalue weighted by atomic mass is 10.4. The molecule has 0 amide bonds. The van der Waals surface area contributed by atoms with E-state index in [0.717, 1.165) is 17.0 Å². The van der Waals surface area contributed by atoms with E-state index in [-0.39, 0.29) is 4.87 Å². The fourth-order valence-electron chi connectivity index (χ4n) is 1.44. The summed E-state index contributed by atoms with van der Waals surface area (Å²) in [6, 6.07) is 1.74. The van der Waals surface area contributed by atoms with Gasteiger partial charge < -0.3 is 15.0 Å². The number of thiazole rings is 1. The molecule has 2 aromatic heterocycles. The number of anilines is 1. The Labute approximate surface area is 108 Å². The molecule has 6 nitrogen and oxygen atoms in total. The first-order valence-electron chi connectivity index (χ1n) is 5.56. The summed E-state index contributed by atoms with van der Waals surface area (Å²) < 4.78 is 5.34. The van der Waals surface area contributed by atoms with Crippen LogP contribution < -0.4 is 14.9 Å². The number of rotatable bonds is 5. The zero-order chi connectivity index (χ0) is 13.0. The number of nitrogens with zero attached hydrogens (tertiary/aromatic N) is 2. The van der Waals surface area contributed by atoms with Crippen LogP contribution in [0.5, 0.6) is 5.88 Å². The van der Waals surface area contributed by atoms with E-state index in [2.05, 4.69) is 20.3 Å². The van der Waals surface area contributed by atoms with Gasteiger partial charge in [-0.3, -0.25) is 4.79 Å². The van der Waals surface area contributed by atoms with E-state index in [1.165, 1.54) is 0 Å². The number of nitrogens with one attached hydrogen (secondary N) is 2. The highest BCUT2D eigenvalue weighted by Gasteiger charge is 2.03. The van der Waals surface area contributed by atoms with Gasteiger partial charge in [-0.2, -0.15) is 4.98 Å². The van der Waals surface area contributed by atoms with Gasteiger partial charge in [0.15, 0.2) is 0 Å². The molecular weight excluding hydrogens is 252 g/mol. The van der Waals surface area contributed by atoms with Crippen LogP contribution in [0.1, 0.15) is 18.4 Å². The molecule has 96 valence electrons. The Bertz CT molecular complexity index is 578. The van der Waals surface area contributed by atoms with Crippen molar-refractivity contribution in [3.8, 4) is 5.88 Å². The normalized spacial score (nSPS) is 10.3. The standard InChI is InChI=1S/C11H14N4O2S/c1-3-17-10-4-9(13-7(2)14-10)12-5-8-6-18-11(16)15-8/h4,6H,3,5H2,1-2H3,(H,15,16)(H,12,13,14). The molecule has 0 saturated carbocycles. The highest BCUT2D eigenvalue weighted by molar-refractivity contribution is 7.07. The fraction of sp³-hybridized carbons (Fsp3) is 0.364. The van der Waals surface area contributed by atoms with E-state index < -0.39 is 0 Å². The van der Waals surface area contributed by atoms with E-state index in [0.29, 0.717) is 30.7 Å². The number of aromatic amines is 1. The lowest BCUT2D eigenvalue weighted by Gasteiger charge is -2.07. The van der Waals surface area contributed by atoms with Crippen LogP contribution in [-0.2, 0) is 6.54 Å². The van der Waals surface area contributed by atoms with Crippen molar-refractivity contribution >= 4 is 17.2 Å². The van der Waals surface area contributed by atoms with Crippen LogP contribution in [0.4, 0.5) is 5.82 Å². The molecule has 0 aliphatic carbocycles. The van der Waals surface area contributed by atoms with Crippen molar-refractivity contribution in [1.29, 1.82) is 0 Å². The van der Waals surface area contributed by atoms with E-state index in [1.807, 2.05) is 6.92 Å². The summed E-state index contributed by atoms with van der Waals surface area (Å²) in [5.74, 6) is 1.87. The molecule has 0 fully saturated rings. The largest absolute Gasteiger partial charge is 0.478 e. The molecule has 2 aromatic rings. The van der Waals surface area contributed by atoms with E-state index in [9.17, 15) is 4.79 Å². The average molecular weight is 266 g/mol. The molecule has 0 aliphatic rings. The second kappa shape index (κ2) is 5.63. The molecule has 7 heteroatoms. The Morgan fingerprint density at radius 1 is 1.50 bits per heavy atom. The second-order valence-electron chi connectivity index (χ2n) is 3.60. The number of hydrogen-bond donors (Lipinski definition) is 2. The van der Waals surface area contributed by atoms with Crippen molar-refractivity contribution in [2.24, 2.45) is 0 Å². The summed E-state index contributed by atoms with van der Waals surface area (Å²) in [6.07, 6.45) is 0. The Kier molecular flexibility index (Phi) is 3.93. The summed E-state index contributed by atoms with van der Waals surface area (Å²) >= 11 is 1.15. The van der Waals surface area contributed by atoms with Crippen LogP contribution in [0.25, 0.3) is 0 Å². The number of hydrogen-bond acceptors (Lipinski definition) is 6. The fourth-order valence-corrected chi connectivity index (χ4v) is 2.02. The maximum atomic E-state index is 11.0. The molecule has 0 bridgehead atoms. The Balaban J connectivity index is 2.06. The van der Waals surface area contributed by atoms with Crippen LogP contribution >= 0.6 is 11.3 Å². The van der Waals surface area contributed by atoms with Gasteiger partial charge in [-0.15, -0.1) is 0 Å². The van der Waals surface area contributed by atoms with Crippen molar-refractivity contribution in [2.45, 2.75) is 20.4 Å². The minimum Gasteiger partial charge on any atom is -0.478 e. The molecule has 0 saturated heterocycles. The van der Waals surface area contributed by atoms with Crippen LogP contribution in [0.15, 0.2) is 16.2 Å². The van der Waals surface area contributed by atoms with Gasteiger partial charge in [-0.1, -0.05) is 11.3 Å². The lowest BCUT2D eigenvalue weighted by molar-refractivity contribution is 0.325. The predicted octanol–water partition coefficient (Wildman–Crippen LogP) is 1.55. The molecule has 0 atom stereocenters. The third kappa shape index (κ3) is 3.30. The van der Waals surface area contributed by atoms with E-state index in [1.54, 1.807) is 18.4 Å². The van der Waals surface area contributed by atoms with Crippen molar-refractivity contribution in [3.63, 3.8) is 0 Å². The zero-order valence-corrected chi connectivity index (χ0v) is 11.0. The molecule has 0 unspecified atom stereocenters. The van der Waals surface area contributed by atoms with Gasteiger partial charge >= 0.3 is 4.87 Å². The first-order chi connectivity index (χ1) is 8.67. The van der Waals surface area contributed by atoms with Crippen molar-refractivity contribution < 1.29 is 4.74 Å². The highest BCUT2D eigenvalue weighted by Crippen LogP contribution is 2.13. The third-order valence-corrected chi connectivity index (χ3v) is 2.86. The van der Waals surface area contributed by atoms with E-state index in [4.69, 9.17) is 4.74 Å². The SMILES string of the molecule is CCOc1cc(NCc2csc(=O)[nH]2)nc(C)n1. The van der Waals surface area contributed by atoms with Gasteiger partial charge in [0, 0.05) is 17.1 Å². The highest BCUT2D eigenvalue weighted by atomic mass is 32.1. The minimum atomic E-state index is -0.0549. The van der Waals surface area contributed by atoms with Crippen LogP contribution in [-0.4, -0.2) is 21.6 Å². The molecule has 0 spiro atoms. The summed E-state index contributed by atoms with van der Waals surface area (Å²) in [5.41, 5.74) is 0.833. The predicted molar refractivity (Wildman–Crippen MR) is 70.2 cm³/mol. The first-order valence-corrected chi connectivity index (χ1v) is 6.44. The molecule has 2 heterocycles. The van der Waals surface area contributed by atoms with Gasteiger partial charge in [-0.05, 0) is 13.8 Å². The summed E-state index contributed by atoms with van der Waals surface area (Å²) in [6.45, 7) is 4.79. The molecule has 2 N–H and O–H groups in total. The van der Waals surface area contributed by atoms with Gasteiger partial charge in [0.2, 0.25) is 5.88 Å². The lowest BCUT2D eigenvalue weighted by Crippen LogP contribution is -2.06. The molecule has 2 rings (SSSR count). The van der Waals surface area contributed by atoms with Gasteiger partial charge in [0.05, 0.1) is 13.2 Å². The molecule has 0 aromatic carbocycles.